The van der Waals surface area contributed by atoms with E-state index in [9.17, 15) is 4.79 Å². The Morgan fingerprint density at radius 1 is 1.03 bits per heavy atom. The summed E-state index contributed by atoms with van der Waals surface area (Å²) >= 11 is 12.5. The number of halogens is 2. The van der Waals surface area contributed by atoms with Gasteiger partial charge in [0.15, 0.2) is 12.4 Å². The molecule has 4 rings (SSSR count). The first-order valence-corrected chi connectivity index (χ1v) is 11.2. The Hall–Kier alpha value is -3.22. The van der Waals surface area contributed by atoms with Crippen LogP contribution in [0.15, 0.2) is 60.7 Å². The van der Waals surface area contributed by atoms with E-state index >= 15 is 0 Å². The van der Waals surface area contributed by atoms with Gasteiger partial charge in [0.1, 0.15) is 18.2 Å². The van der Waals surface area contributed by atoms with Crippen LogP contribution in [0.2, 0.25) is 10.0 Å². The van der Waals surface area contributed by atoms with Crippen LogP contribution in [0.5, 0.6) is 11.5 Å². The van der Waals surface area contributed by atoms with Gasteiger partial charge in [-0.05, 0) is 35.9 Å². The van der Waals surface area contributed by atoms with E-state index in [0.717, 1.165) is 40.2 Å². The molecular formula is C25H22Cl2N2O4. The molecule has 1 N–H and O–H groups in total. The lowest BCUT2D eigenvalue weighted by atomic mass is 10.2. The highest BCUT2D eigenvalue weighted by molar-refractivity contribution is 6.37. The quantitative estimate of drug-likeness (QED) is 0.315. The summed E-state index contributed by atoms with van der Waals surface area (Å²) in [5, 5.41) is 9.25. The average Bonchev–Trinajstić information content (AvgIpc) is 3.15. The number of hydrogen-bond donors (Lipinski definition) is 1. The van der Waals surface area contributed by atoms with Gasteiger partial charge < -0.3 is 19.1 Å². The van der Waals surface area contributed by atoms with Gasteiger partial charge in [0.25, 0.3) is 0 Å². The van der Waals surface area contributed by atoms with Gasteiger partial charge in [-0.3, -0.25) is 0 Å². The van der Waals surface area contributed by atoms with Gasteiger partial charge in [-0.15, -0.1) is 0 Å². The van der Waals surface area contributed by atoms with Crippen molar-refractivity contribution >= 4 is 40.2 Å². The van der Waals surface area contributed by atoms with Crippen LogP contribution in [0.25, 0.3) is 11.0 Å². The smallest absolute Gasteiger partial charge is 0.341 e. The summed E-state index contributed by atoms with van der Waals surface area (Å²) in [6.07, 6.45) is 0.824. The largest absolute Gasteiger partial charge is 0.489 e. The van der Waals surface area contributed by atoms with Crippen molar-refractivity contribution < 1.29 is 19.4 Å². The SMILES string of the molecule is CCc1nc2ccccc2n1Cc1ccccc1OCc1cc(Cl)c(OCC(=O)O)c(Cl)c1. The fourth-order valence-electron chi connectivity index (χ4n) is 3.65. The molecule has 0 aliphatic rings. The number of ether oxygens (including phenoxy) is 2. The van der Waals surface area contributed by atoms with E-state index in [1.807, 2.05) is 42.5 Å². The van der Waals surface area contributed by atoms with Crippen LogP contribution in [-0.4, -0.2) is 27.2 Å². The van der Waals surface area contributed by atoms with Crippen molar-refractivity contribution in [2.45, 2.75) is 26.5 Å². The zero-order valence-electron chi connectivity index (χ0n) is 17.9. The molecule has 8 heteroatoms. The number of para-hydroxylation sites is 3. The number of fused-ring (bicyclic) bond motifs is 1. The standard InChI is InChI=1S/C25H22Cl2N2O4/c1-2-23-28-20-8-4-5-9-21(20)29(23)13-17-7-3-6-10-22(17)32-14-16-11-18(26)25(19(27)12-16)33-15-24(30)31/h3-12H,2,13-15H2,1H3,(H,30,31). The second-order valence-electron chi connectivity index (χ2n) is 7.42. The van der Waals surface area contributed by atoms with Crippen molar-refractivity contribution in [2.75, 3.05) is 6.61 Å². The topological polar surface area (TPSA) is 73.6 Å². The van der Waals surface area contributed by atoms with E-state index < -0.39 is 12.6 Å². The monoisotopic (exact) mass is 484 g/mol. The number of aromatic nitrogens is 2. The number of hydrogen-bond acceptors (Lipinski definition) is 4. The number of aliphatic carboxylic acids is 1. The van der Waals surface area contributed by atoms with Gasteiger partial charge in [-0.25, -0.2) is 9.78 Å². The highest BCUT2D eigenvalue weighted by Gasteiger charge is 2.14. The van der Waals surface area contributed by atoms with E-state index in [0.29, 0.717) is 6.54 Å². The molecule has 33 heavy (non-hydrogen) atoms. The summed E-state index contributed by atoms with van der Waals surface area (Å²) < 4.78 is 13.5. The Labute approximate surface area is 201 Å². The summed E-state index contributed by atoms with van der Waals surface area (Å²) in [4.78, 5) is 15.5. The second-order valence-corrected chi connectivity index (χ2v) is 8.24. The van der Waals surface area contributed by atoms with Gasteiger partial charge in [0.2, 0.25) is 0 Å². The van der Waals surface area contributed by atoms with Crippen LogP contribution < -0.4 is 9.47 Å². The van der Waals surface area contributed by atoms with E-state index in [4.69, 9.17) is 42.8 Å². The third-order valence-electron chi connectivity index (χ3n) is 5.14. The minimum absolute atomic E-state index is 0.143. The first-order chi connectivity index (χ1) is 16.0. The Morgan fingerprint density at radius 2 is 1.73 bits per heavy atom. The van der Waals surface area contributed by atoms with Crippen molar-refractivity contribution in [3.8, 4) is 11.5 Å². The average molecular weight is 485 g/mol. The zero-order valence-corrected chi connectivity index (χ0v) is 19.4. The molecule has 0 saturated carbocycles. The molecule has 0 amide bonds. The summed E-state index contributed by atoms with van der Waals surface area (Å²) in [5.41, 5.74) is 3.82. The minimum atomic E-state index is -1.11. The maximum atomic E-state index is 10.7. The van der Waals surface area contributed by atoms with Crippen LogP contribution in [0.1, 0.15) is 23.9 Å². The van der Waals surface area contributed by atoms with E-state index in [1.54, 1.807) is 12.1 Å². The minimum Gasteiger partial charge on any atom is -0.489 e. The van der Waals surface area contributed by atoms with Gasteiger partial charge in [0, 0.05) is 12.0 Å². The molecule has 0 fully saturated rings. The number of carboxylic acid groups (broad SMARTS) is 1. The predicted molar refractivity (Wildman–Crippen MR) is 129 cm³/mol. The van der Waals surface area contributed by atoms with Gasteiger partial charge in [-0.2, -0.15) is 0 Å². The summed E-state index contributed by atoms with van der Waals surface area (Å²) in [6.45, 7) is 2.44. The maximum absolute atomic E-state index is 10.7. The molecule has 0 spiro atoms. The first-order valence-electron chi connectivity index (χ1n) is 10.4. The van der Waals surface area contributed by atoms with E-state index in [2.05, 4.69) is 17.6 Å². The summed E-state index contributed by atoms with van der Waals surface area (Å²) in [7, 11) is 0. The third-order valence-corrected chi connectivity index (χ3v) is 5.70. The molecule has 0 saturated heterocycles. The second kappa shape index (κ2) is 10.1. The lowest BCUT2D eigenvalue weighted by Crippen LogP contribution is -2.10. The fraction of sp³-hybridized carbons (Fsp3) is 0.200. The van der Waals surface area contributed by atoms with Crippen LogP contribution in [0, 0.1) is 0 Å². The van der Waals surface area contributed by atoms with Crippen LogP contribution in [0.3, 0.4) is 0 Å². The molecule has 0 radical (unpaired) electrons. The number of aryl methyl sites for hydroxylation is 1. The van der Waals surface area contributed by atoms with Crippen molar-refractivity contribution in [1.82, 2.24) is 9.55 Å². The Morgan fingerprint density at radius 3 is 2.45 bits per heavy atom. The summed E-state index contributed by atoms with van der Waals surface area (Å²) in [5.74, 6) is 0.796. The van der Waals surface area contributed by atoms with E-state index in [-0.39, 0.29) is 22.4 Å². The van der Waals surface area contributed by atoms with Crippen LogP contribution in [-0.2, 0) is 24.4 Å². The molecule has 0 atom stereocenters. The molecular weight excluding hydrogens is 463 g/mol. The zero-order chi connectivity index (χ0) is 23.4. The molecule has 6 nitrogen and oxygen atoms in total. The lowest BCUT2D eigenvalue weighted by Gasteiger charge is -2.15. The van der Waals surface area contributed by atoms with Gasteiger partial charge >= 0.3 is 5.97 Å². The van der Waals surface area contributed by atoms with Crippen molar-refractivity contribution in [2.24, 2.45) is 0 Å². The Kier molecular flexibility index (Phi) is 7.06. The van der Waals surface area contributed by atoms with Crippen molar-refractivity contribution in [3.63, 3.8) is 0 Å². The van der Waals surface area contributed by atoms with Crippen molar-refractivity contribution in [3.05, 3.63) is 87.7 Å². The van der Waals surface area contributed by atoms with E-state index in [1.165, 1.54) is 0 Å². The molecule has 0 aliphatic carbocycles. The number of imidazole rings is 1. The molecule has 0 bridgehead atoms. The molecule has 1 aromatic heterocycles. The Balaban J connectivity index is 1.54. The summed E-state index contributed by atoms with van der Waals surface area (Å²) in [6, 6.07) is 19.3. The maximum Gasteiger partial charge on any atom is 0.341 e. The van der Waals surface area contributed by atoms with Gasteiger partial charge in [-0.1, -0.05) is 60.5 Å². The number of nitrogens with zero attached hydrogens (tertiary/aromatic N) is 2. The first kappa shape index (κ1) is 23.0. The molecule has 0 aliphatic heterocycles. The number of carbonyl (C=O) groups is 1. The molecule has 1 heterocycles. The normalized spacial score (nSPS) is 11.0. The number of benzene rings is 3. The molecule has 4 aromatic rings. The fourth-order valence-corrected chi connectivity index (χ4v) is 4.29. The molecule has 3 aromatic carbocycles. The third kappa shape index (κ3) is 5.24. The van der Waals surface area contributed by atoms with Crippen LogP contribution >= 0.6 is 23.2 Å². The number of rotatable bonds is 9. The highest BCUT2D eigenvalue weighted by atomic mass is 35.5. The Bertz CT molecular complexity index is 1280. The van der Waals surface area contributed by atoms with Crippen LogP contribution in [0.4, 0.5) is 0 Å². The molecule has 170 valence electrons. The van der Waals surface area contributed by atoms with Crippen molar-refractivity contribution in [1.29, 1.82) is 0 Å². The lowest BCUT2D eigenvalue weighted by molar-refractivity contribution is -0.139. The highest BCUT2D eigenvalue weighted by Crippen LogP contribution is 2.35. The predicted octanol–water partition coefficient (Wildman–Crippen LogP) is 6.00. The molecule has 0 unspecified atom stereocenters. The van der Waals surface area contributed by atoms with Gasteiger partial charge in [0.05, 0.1) is 27.6 Å². The number of carboxylic acids is 1.